The minimum atomic E-state index is -0.189. The molecule has 0 saturated carbocycles. The number of rotatable bonds is 3. The molecule has 1 saturated heterocycles. The second kappa shape index (κ2) is 4.30. The van der Waals surface area contributed by atoms with Crippen molar-refractivity contribution in [3.8, 4) is 0 Å². The number of nitrogens with two attached hydrogens (primary N) is 1. The van der Waals surface area contributed by atoms with Crippen LogP contribution in [0.3, 0.4) is 0 Å². The second-order valence-corrected chi connectivity index (χ2v) is 3.06. The zero-order chi connectivity index (χ0) is 8.97. The largest absolute Gasteiger partial charge is 0.449 e. The van der Waals surface area contributed by atoms with E-state index >= 15 is 0 Å². The van der Waals surface area contributed by atoms with Crippen molar-refractivity contribution in [2.75, 3.05) is 26.2 Å². The molecule has 1 aliphatic rings. The zero-order valence-corrected chi connectivity index (χ0v) is 7.45. The lowest BCUT2D eigenvalue weighted by Gasteiger charge is -2.31. The summed E-state index contributed by atoms with van der Waals surface area (Å²) in [5, 5.41) is 0. The molecule has 0 spiro atoms. The third-order valence-corrected chi connectivity index (χ3v) is 2.14. The first kappa shape index (κ1) is 9.32. The first-order valence-electron chi connectivity index (χ1n) is 4.39. The number of nitrogens with zero attached hydrogens (tertiary/aromatic N) is 1. The molecular weight excluding hydrogens is 156 g/mol. The number of hydrogen-bond donors (Lipinski definition) is 1. The molecule has 70 valence electrons. The van der Waals surface area contributed by atoms with E-state index in [2.05, 4.69) is 0 Å². The van der Waals surface area contributed by atoms with Crippen molar-refractivity contribution in [1.82, 2.24) is 4.90 Å². The summed E-state index contributed by atoms with van der Waals surface area (Å²) in [7, 11) is 0. The Bertz CT molecular complexity index is 161. The van der Waals surface area contributed by atoms with Gasteiger partial charge in [-0.15, -0.1) is 0 Å². The Kier molecular flexibility index (Phi) is 3.34. The van der Waals surface area contributed by atoms with Crippen molar-refractivity contribution < 1.29 is 9.53 Å². The SMILES string of the molecule is CCN1CC(CCN)COC1=O. The maximum atomic E-state index is 11.0. The minimum absolute atomic E-state index is 0.189. The number of cyclic esters (lactones) is 1. The summed E-state index contributed by atoms with van der Waals surface area (Å²) in [6.45, 7) is 4.67. The average Bonchev–Trinajstić information content (AvgIpc) is 2.09. The van der Waals surface area contributed by atoms with Gasteiger partial charge in [-0.05, 0) is 19.9 Å². The zero-order valence-electron chi connectivity index (χ0n) is 7.45. The molecule has 4 nitrogen and oxygen atoms in total. The number of carbonyl (C=O) groups is 1. The second-order valence-electron chi connectivity index (χ2n) is 3.06. The Morgan fingerprint density at radius 2 is 2.50 bits per heavy atom. The van der Waals surface area contributed by atoms with E-state index in [1.165, 1.54) is 0 Å². The smallest absolute Gasteiger partial charge is 0.409 e. The molecule has 1 heterocycles. The number of carbonyl (C=O) groups excluding carboxylic acids is 1. The van der Waals surface area contributed by atoms with Crippen molar-refractivity contribution in [3.63, 3.8) is 0 Å². The minimum Gasteiger partial charge on any atom is -0.449 e. The molecule has 0 aromatic carbocycles. The predicted octanol–water partition coefficient (Wildman–Crippen LogP) is 0.424. The fraction of sp³-hybridized carbons (Fsp3) is 0.875. The van der Waals surface area contributed by atoms with E-state index in [9.17, 15) is 4.79 Å². The number of hydrogen-bond acceptors (Lipinski definition) is 3. The Morgan fingerprint density at radius 3 is 3.08 bits per heavy atom. The summed E-state index contributed by atoms with van der Waals surface area (Å²) in [6, 6.07) is 0. The molecule has 0 radical (unpaired) electrons. The van der Waals surface area contributed by atoms with Crippen molar-refractivity contribution in [2.24, 2.45) is 11.7 Å². The van der Waals surface area contributed by atoms with Gasteiger partial charge in [-0.2, -0.15) is 0 Å². The molecule has 1 aliphatic heterocycles. The summed E-state index contributed by atoms with van der Waals surface area (Å²) in [5.41, 5.74) is 5.42. The maximum absolute atomic E-state index is 11.0. The lowest BCUT2D eigenvalue weighted by atomic mass is 10.1. The van der Waals surface area contributed by atoms with Gasteiger partial charge in [0.25, 0.3) is 0 Å². The molecule has 2 N–H and O–H groups in total. The van der Waals surface area contributed by atoms with Gasteiger partial charge in [-0.25, -0.2) is 4.79 Å². The van der Waals surface area contributed by atoms with Gasteiger partial charge in [0.1, 0.15) is 0 Å². The van der Waals surface area contributed by atoms with Crippen molar-refractivity contribution in [1.29, 1.82) is 0 Å². The number of ether oxygens (including phenoxy) is 1. The first-order valence-corrected chi connectivity index (χ1v) is 4.39. The Morgan fingerprint density at radius 1 is 1.75 bits per heavy atom. The molecule has 1 atom stereocenters. The van der Waals surface area contributed by atoms with Crippen LogP contribution in [0.2, 0.25) is 0 Å². The van der Waals surface area contributed by atoms with E-state index in [4.69, 9.17) is 10.5 Å². The summed E-state index contributed by atoms with van der Waals surface area (Å²) < 4.78 is 4.98. The molecule has 1 amide bonds. The highest BCUT2D eigenvalue weighted by molar-refractivity contribution is 5.68. The van der Waals surface area contributed by atoms with E-state index in [0.717, 1.165) is 19.5 Å². The molecule has 0 bridgehead atoms. The van der Waals surface area contributed by atoms with E-state index < -0.39 is 0 Å². The molecule has 0 aromatic rings. The van der Waals surface area contributed by atoms with Gasteiger partial charge in [0.05, 0.1) is 6.61 Å². The van der Waals surface area contributed by atoms with Gasteiger partial charge in [-0.3, -0.25) is 0 Å². The van der Waals surface area contributed by atoms with Gasteiger partial charge in [0.15, 0.2) is 0 Å². The monoisotopic (exact) mass is 172 g/mol. The fourth-order valence-electron chi connectivity index (χ4n) is 1.39. The Balaban J connectivity index is 2.38. The van der Waals surface area contributed by atoms with Gasteiger partial charge >= 0.3 is 6.09 Å². The van der Waals surface area contributed by atoms with Crippen LogP contribution in [-0.2, 0) is 4.74 Å². The molecule has 4 heteroatoms. The highest BCUT2D eigenvalue weighted by atomic mass is 16.6. The fourth-order valence-corrected chi connectivity index (χ4v) is 1.39. The molecule has 12 heavy (non-hydrogen) atoms. The van der Waals surface area contributed by atoms with Crippen LogP contribution in [-0.4, -0.2) is 37.2 Å². The summed E-state index contributed by atoms with van der Waals surface area (Å²) in [6.07, 6.45) is 0.745. The molecule has 1 rings (SSSR count). The van der Waals surface area contributed by atoms with Gasteiger partial charge in [0.2, 0.25) is 0 Å². The molecular formula is C8H16N2O2. The average molecular weight is 172 g/mol. The van der Waals surface area contributed by atoms with E-state index in [-0.39, 0.29) is 6.09 Å². The summed E-state index contributed by atoms with van der Waals surface area (Å²) >= 11 is 0. The molecule has 0 aliphatic carbocycles. The normalized spacial score (nSPS) is 24.0. The number of amides is 1. The third-order valence-electron chi connectivity index (χ3n) is 2.14. The third kappa shape index (κ3) is 2.11. The van der Waals surface area contributed by atoms with Crippen LogP contribution in [0.25, 0.3) is 0 Å². The van der Waals surface area contributed by atoms with Gasteiger partial charge < -0.3 is 15.4 Å². The summed E-state index contributed by atoms with van der Waals surface area (Å²) in [4.78, 5) is 12.8. The van der Waals surface area contributed by atoms with Crippen molar-refractivity contribution in [3.05, 3.63) is 0 Å². The standard InChI is InChI=1S/C8H16N2O2/c1-2-10-5-7(3-4-9)6-12-8(10)11/h7H,2-6,9H2,1H3. The van der Waals surface area contributed by atoms with Crippen LogP contribution in [0.5, 0.6) is 0 Å². The molecule has 0 aromatic heterocycles. The van der Waals surface area contributed by atoms with Crippen LogP contribution in [0.4, 0.5) is 4.79 Å². The van der Waals surface area contributed by atoms with Gasteiger partial charge in [-0.1, -0.05) is 0 Å². The highest BCUT2D eigenvalue weighted by Crippen LogP contribution is 2.13. The van der Waals surface area contributed by atoms with Crippen LogP contribution in [0, 0.1) is 5.92 Å². The predicted molar refractivity (Wildman–Crippen MR) is 45.8 cm³/mol. The van der Waals surface area contributed by atoms with E-state index in [1.807, 2.05) is 6.92 Å². The van der Waals surface area contributed by atoms with Crippen molar-refractivity contribution >= 4 is 6.09 Å². The van der Waals surface area contributed by atoms with Gasteiger partial charge in [0, 0.05) is 19.0 Å². The Labute approximate surface area is 72.7 Å². The first-order chi connectivity index (χ1) is 5.77. The quantitative estimate of drug-likeness (QED) is 0.671. The van der Waals surface area contributed by atoms with Crippen LogP contribution in [0.15, 0.2) is 0 Å². The summed E-state index contributed by atoms with van der Waals surface area (Å²) in [5.74, 6) is 0.424. The molecule has 1 unspecified atom stereocenters. The molecule has 1 fully saturated rings. The van der Waals surface area contributed by atoms with Crippen LogP contribution >= 0.6 is 0 Å². The van der Waals surface area contributed by atoms with E-state index in [0.29, 0.717) is 19.1 Å². The van der Waals surface area contributed by atoms with Crippen LogP contribution in [0.1, 0.15) is 13.3 Å². The Hall–Kier alpha value is -0.770. The van der Waals surface area contributed by atoms with Crippen LogP contribution < -0.4 is 5.73 Å². The highest BCUT2D eigenvalue weighted by Gasteiger charge is 2.24. The van der Waals surface area contributed by atoms with E-state index in [1.54, 1.807) is 4.90 Å². The topological polar surface area (TPSA) is 55.6 Å². The van der Waals surface area contributed by atoms with Crippen molar-refractivity contribution in [2.45, 2.75) is 13.3 Å². The lowest BCUT2D eigenvalue weighted by molar-refractivity contribution is 0.0435. The lowest BCUT2D eigenvalue weighted by Crippen LogP contribution is -2.43. The maximum Gasteiger partial charge on any atom is 0.409 e.